The molecule has 14 heavy (non-hydrogen) atoms. The van der Waals surface area contributed by atoms with E-state index >= 15 is 0 Å². The zero-order valence-electron chi connectivity index (χ0n) is 8.77. The van der Waals surface area contributed by atoms with E-state index in [1.807, 2.05) is 18.8 Å². The van der Waals surface area contributed by atoms with Crippen molar-refractivity contribution in [3.05, 3.63) is 16.6 Å². The summed E-state index contributed by atoms with van der Waals surface area (Å²) in [6.07, 6.45) is 3.10. The van der Waals surface area contributed by atoms with Gasteiger partial charge < -0.3 is 0 Å². The average molecular weight is 209 g/mol. The third kappa shape index (κ3) is 1.43. The second-order valence-electron chi connectivity index (χ2n) is 3.68. The van der Waals surface area contributed by atoms with E-state index in [4.69, 9.17) is 0 Å². The largest absolute Gasteiger partial charge is 0.291 e. The fourth-order valence-corrected chi connectivity index (χ4v) is 2.97. The highest BCUT2D eigenvalue weighted by Gasteiger charge is 2.33. The van der Waals surface area contributed by atoms with Gasteiger partial charge in [-0.2, -0.15) is 5.10 Å². The maximum absolute atomic E-state index is 4.51. The molecule has 0 aromatic carbocycles. The molecular weight excluding hydrogens is 194 g/mol. The van der Waals surface area contributed by atoms with E-state index in [1.54, 1.807) is 11.3 Å². The molecular formula is C10H15N3S. The molecule has 0 amide bonds. The van der Waals surface area contributed by atoms with Crippen molar-refractivity contribution in [3.8, 4) is 0 Å². The molecule has 0 radical (unpaired) electrons. The van der Waals surface area contributed by atoms with Crippen LogP contribution in [0.1, 0.15) is 31.2 Å². The lowest BCUT2D eigenvalue weighted by atomic mass is 9.93. The third-order valence-electron chi connectivity index (χ3n) is 2.82. The van der Waals surface area contributed by atoms with E-state index in [2.05, 4.69) is 28.9 Å². The van der Waals surface area contributed by atoms with Gasteiger partial charge in [0, 0.05) is 29.8 Å². The number of hydrazone groups is 1. The Balaban J connectivity index is 2.28. The molecule has 0 saturated carbocycles. The molecule has 3 nitrogen and oxygen atoms in total. The minimum atomic E-state index is 0.410. The second-order valence-corrected chi connectivity index (χ2v) is 4.60. The lowest BCUT2D eigenvalue weighted by Gasteiger charge is -2.22. The SMILES string of the molecule is CCC1C(C)=NN(C)C1c1cncs1. The van der Waals surface area contributed by atoms with Crippen LogP contribution in [0.2, 0.25) is 0 Å². The summed E-state index contributed by atoms with van der Waals surface area (Å²) in [5, 5.41) is 6.57. The lowest BCUT2D eigenvalue weighted by molar-refractivity contribution is 0.250. The fraction of sp³-hybridized carbons (Fsp3) is 0.600. The van der Waals surface area contributed by atoms with Gasteiger partial charge in [-0.05, 0) is 13.3 Å². The molecule has 1 aliphatic heterocycles. The van der Waals surface area contributed by atoms with Crippen molar-refractivity contribution in [1.29, 1.82) is 0 Å². The summed E-state index contributed by atoms with van der Waals surface area (Å²) >= 11 is 1.72. The number of thiazole rings is 1. The first-order chi connectivity index (χ1) is 6.74. The number of hydrogen-bond acceptors (Lipinski definition) is 4. The van der Waals surface area contributed by atoms with Crippen molar-refractivity contribution in [1.82, 2.24) is 9.99 Å². The van der Waals surface area contributed by atoms with Crippen LogP contribution in [-0.2, 0) is 0 Å². The van der Waals surface area contributed by atoms with Gasteiger partial charge in [0.25, 0.3) is 0 Å². The van der Waals surface area contributed by atoms with Crippen LogP contribution in [-0.4, -0.2) is 22.8 Å². The molecule has 4 heteroatoms. The van der Waals surface area contributed by atoms with Crippen molar-refractivity contribution >= 4 is 17.0 Å². The van der Waals surface area contributed by atoms with Crippen LogP contribution in [0.5, 0.6) is 0 Å². The van der Waals surface area contributed by atoms with Gasteiger partial charge in [0.2, 0.25) is 0 Å². The summed E-state index contributed by atoms with van der Waals surface area (Å²) in [6.45, 7) is 4.34. The number of rotatable bonds is 2. The van der Waals surface area contributed by atoms with E-state index in [0.717, 1.165) is 6.42 Å². The zero-order valence-corrected chi connectivity index (χ0v) is 9.58. The predicted octanol–water partition coefficient (Wildman–Crippen LogP) is 2.53. The van der Waals surface area contributed by atoms with Crippen molar-refractivity contribution < 1.29 is 0 Å². The second kappa shape index (κ2) is 3.69. The van der Waals surface area contributed by atoms with E-state index in [1.165, 1.54) is 10.6 Å². The summed E-state index contributed by atoms with van der Waals surface area (Å²) in [6, 6.07) is 0.410. The van der Waals surface area contributed by atoms with Crippen molar-refractivity contribution in [2.24, 2.45) is 11.0 Å². The van der Waals surface area contributed by atoms with Crippen LogP contribution in [0.25, 0.3) is 0 Å². The first kappa shape index (κ1) is 9.65. The van der Waals surface area contributed by atoms with Crippen molar-refractivity contribution in [3.63, 3.8) is 0 Å². The average Bonchev–Trinajstić information content (AvgIpc) is 2.72. The van der Waals surface area contributed by atoms with Gasteiger partial charge in [0.1, 0.15) is 0 Å². The molecule has 0 aliphatic carbocycles. The normalized spacial score (nSPS) is 26.8. The molecule has 0 spiro atoms. The Morgan fingerprint density at radius 3 is 2.93 bits per heavy atom. The van der Waals surface area contributed by atoms with Crippen LogP contribution in [0.3, 0.4) is 0 Å². The molecule has 1 aliphatic rings. The molecule has 0 saturated heterocycles. The third-order valence-corrected chi connectivity index (χ3v) is 3.66. The molecule has 0 bridgehead atoms. The van der Waals surface area contributed by atoms with E-state index in [0.29, 0.717) is 12.0 Å². The maximum atomic E-state index is 4.51. The van der Waals surface area contributed by atoms with Crippen LogP contribution >= 0.6 is 11.3 Å². The minimum absolute atomic E-state index is 0.410. The van der Waals surface area contributed by atoms with Crippen LogP contribution in [0, 0.1) is 5.92 Å². The van der Waals surface area contributed by atoms with E-state index < -0.39 is 0 Å². The summed E-state index contributed by atoms with van der Waals surface area (Å²) in [4.78, 5) is 5.46. The fourth-order valence-electron chi connectivity index (χ4n) is 2.15. The smallest absolute Gasteiger partial charge is 0.0905 e. The number of nitrogens with zero attached hydrogens (tertiary/aromatic N) is 3. The summed E-state index contributed by atoms with van der Waals surface area (Å²) < 4.78 is 0. The van der Waals surface area contributed by atoms with Crippen LogP contribution in [0.4, 0.5) is 0 Å². The first-order valence-corrected chi connectivity index (χ1v) is 5.78. The zero-order chi connectivity index (χ0) is 10.1. The predicted molar refractivity (Wildman–Crippen MR) is 59.5 cm³/mol. The van der Waals surface area contributed by atoms with Gasteiger partial charge in [0.05, 0.1) is 11.6 Å². The monoisotopic (exact) mass is 209 g/mol. The molecule has 0 fully saturated rings. The molecule has 1 aromatic heterocycles. The van der Waals surface area contributed by atoms with Gasteiger partial charge >= 0.3 is 0 Å². The molecule has 2 unspecified atom stereocenters. The highest BCUT2D eigenvalue weighted by atomic mass is 32.1. The Morgan fingerprint density at radius 1 is 1.57 bits per heavy atom. The highest BCUT2D eigenvalue weighted by Crippen LogP contribution is 2.37. The molecule has 1 aromatic rings. The lowest BCUT2D eigenvalue weighted by Crippen LogP contribution is -2.20. The molecule has 76 valence electrons. The van der Waals surface area contributed by atoms with Gasteiger partial charge in [-0.25, -0.2) is 0 Å². The first-order valence-electron chi connectivity index (χ1n) is 4.90. The van der Waals surface area contributed by atoms with Gasteiger partial charge in [-0.15, -0.1) is 11.3 Å². The maximum Gasteiger partial charge on any atom is 0.0905 e. The van der Waals surface area contributed by atoms with Crippen molar-refractivity contribution in [2.75, 3.05) is 7.05 Å². The standard InChI is InChI=1S/C10H15N3S/c1-4-8-7(2)12-13(3)10(8)9-5-11-6-14-9/h5-6,8,10H,4H2,1-3H3. The summed E-state index contributed by atoms with van der Waals surface area (Å²) in [5.74, 6) is 0.556. The number of hydrogen-bond donors (Lipinski definition) is 0. The van der Waals surface area contributed by atoms with Crippen molar-refractivity contribution in [2.45, 2.75) is 26.3 Å². The van der Waals surface area contributed by atoms with Crippen LogP contribution in [0.15, 0.2) is 16.8 Å². The van der Waals surface area contributed by atoms with Gasteiger partial charge in [-0.3, -0.25) is 9.99 Å². The number of aromatic nitrogens is 1. The molecule has 2 atom stereocenters. The Bertz CT molecular complexity index is 331. The van der Waals surface area contributed by atoms with Gasteiger partial charge in [0.15, 0.2) is 0 Å². The highest BCUT2D eigenvalue weighted by molar-refractivity contribution is 7.09. The Hall–Kier alpha value is -0.900. The summed E-state index contributed by atoms with van der Waals surface area (Å²) in [7, 11) is 2.05. The Morgan fingerprint density at radius 2 is 2.36 bits per heavy atom. The Kier molecular flexibility index (Phi) is 2.54. The minimum Gasteiger partial charge on any atom is -0.291 e. The van der Waals surface area contributed by atoms with Crippen LogP contribution < -0.4 is 0 Å². The van der Waals surface area contributed by atoms with Gasteiger partial charge in [-0.1, -0.05) is 6.92 Å². The summed E-state index contributed by atoms with van der Waals surface area (Å²) in [5.41, 5.74) is 3.14. The quantitative estimate of drug-likeness (QED) is 0.749. The van der Waals surface area contributed by atoms with E-state index in [9.17, 15) is 0 Å². The molecule has 2 heterocycles. The molecule has 2 rings (SSSR count). The Labute approximate surface area is 88.5 Å². The van der Waals surface area contributed by atoms with E-state index in [-0.39, 0.29) is 0 Å². The topological polar surface area (TPSA) is 28.5 Å². The molecule has 0 N–H and O–H groups in total.